The van der Waals surface area contributed by atoms with E-state index in [2.05, 4.69) is 12.2 Å². The second-order valence-electron chi connectivity index (χ2n) is 6.95. The molecular weight excluding hydrogens is 268 g/mol. The topological polar surface area (TPSA) is 58.6 Å². The van der Waals surface area contributed by atoms with Gasteiger partial charge in [0, 0.05) is 6.54 Å². The van der Waals surface area contributed by atoms with Crippen LogP contribution in [0.15, 0.2) is 0 Å². The fraction of sp³-hybridized carbons (Fsp3) is 0.875. The average molecular weight is 294 g/mol. The molecule has 2 amide bonds. The molecule has 0 radical (unpaired) electrons. The fourth-order valence-electron chi connectivity index (χ4n) is 3.74. The molecular formula is C16H26N2O3. The van der Waals surface area contributed by atoms with Crippen molar-refractivity contribution < 1.29 is 14.3 Å². The van der Waals surface area contributed by atoms with Crippen LogP contribution in [0, 0.1) is 5.92 Å². The second-order valence-corrected chi connectivity index (χ2v) is 6.95. The molecule has 5 nitrogen and oxygen atoms in total. The Balaban J connectivity index is 1.83. The van der Waals surface area contributed by atoms with E-state index in [1.807, 2.05) is 18.7 Å². The quantitative estimate of drug-likeness (QED) is 0.854. The van der Waals surface area contributed by atoms with Crippen LogP contribution >= 0.6 is 0 Å². The second kappa shape index (κ2) is 5.27. The Morgan fingerprint density at radius 1 is 1.29 bits per heavy atom. The molecule has 4 unspecified atom stereocenters. The van der Waals surface area contributed by atoms with Gasteiger partial charge in [-0.25, -0.2) is 0 Å². The van der Waals surface area contributed by atoms with E-state index >= 15 is 0 Å². The third-order valence-electron chi connectivity index (χ3n) is 5.38. The van der Waals surface area contributed by atoms with E-state index in [1.54, 1.807) is 0 Å². The molecule has 0 bridgehead atoms. The number of carbonyl (C=O) groups excluding carboxylic acids is 2. The van der Waals surface area contributed by atoms with Crippen molar-refractivity contribution in [2.24, 2.45) is 5.92 Å². The Morgan fingerprint density at radius 2 is 2.00 bits per heavy atom. The predicted molar refractivity (Wildman–Crippen MR) is 78.6 cm³/mol. The van der Waals surface area contributed by atoms with Gasteiger partial charge in [0.05, 0.1) is 12.2 Å². The Hall–Kier alpha value is -1.10. The molecule has 118 valence electrons. The maximum absolute atomic E-state index is 12.8. The molecule has 5 heteroatoms. The maximum Gasteiger partial charge on any atom is 0.246 e. The van der Waals surface area contributed by atoms with Gasteiger partial charge in [0.15, 0.2) is 0 Å². The molecule has 0 aromatic carbocycles. The van der Waals surface area contributed by atoms with Crippen LogP contribution in [-0.2, 0) is 14.3 Å². The minimum Gasteiger partial charge on any atom is -0.373 e. The van der Waals surface area contributed by atoms with Crippen LogP contribution in [0.5, 0.6) is 0 Å². The van der Waals surface area contributed by atoms with Crippen LogP contribution in [0.3, 0.4) is 0 Å². The summed E-state index contributed by atoms with van der Waals surface area (Å²) >= 11 is 0. The van der Waals surface area contributed by atoms with Crippen LogP contribution in [-0.4, -0.2) is 47.0 Å². The molecule has 0 aromatic rings. The molecule has 3 aliphatic rings. The summed E-state index contributed by atoms with van der Waals surface area (Å²) in [4.78, 5) is 27.2. The molecule has 3 fully saturated rings. The Kier molecular flexibility index (Phi) is 3.72. The summed E-state index contributed by atoms with van der Waals surface area (Å²) in [5.74, 6) is 0.384. The minimum absolute atomic E-state index is 0.0162. The van der Waals surface area contributed by atoms with Gasteiger partial charge >= 0.3 is 0 Å². The zero-order chi connectivity index (χ0) is 15.2. The van der Waals surface area contributed by atoms with Gasteiger partial charge in [0.1, 0.15) is 11.6 Å². The standard InChI is InChI=1S/C16H26N2O3/c1-4-13-14(19)18(9-12-8-5-10(2)21-12)16(3,11-6-7-11)15(20)17-13/h10-13H,4-9H2,1-3H3,(H,17,20). The number of amides is 2. The molecule has 21 heavy (non-hydrogen) atoms. The van der Waals surface area contributed by atoms with Gasteiger partial charge < -0.3 is 15.0 Å². The molecule has 1 saturated carbocycles. The van der Waals surface area contributed by atoms with Crippen LogP contribution in [0.4, 0.5) is 0 Å². The number of hydrogen-bond acceptors (Lipinski definition) is 3. The van der Waals surface area contributed by atoms with Crippen LogP contribution in [0.2, 0.25) is 0 Å². The largest absolute Gasteiger partial charge is 0.373 e. The van der Waals surface area contributed by atoms with Crippen molar-refractivity contribution in [1.29, 1.82) is 0 Å². The number of ether oxygens (including phenoxy) is 1. The van der Waals surface area contributed by atoms with Gasteiger partial charge in [-0.2, -0.15) is 0 Å². The van der Waals surface area contributed by atoms with E-state index < -0.39 is 5.54 Å². The summed E-state index contributed by atoms with van der Waals surface area (Å²) in [7, 11) is 0. The Bertz CT molecular complexity index is 449. The summed E-state index contributed by atoms with van der Waals surface area (Å²) in [5, 5.41) is 2.92. The van der Waals surface area contributed by atoms with E-state index in [9.17, 15) is 9.59 Å². The molecule has 1 N–H and O–H groups in total. The number of piperazine rings is 1. The van der Waals surface area contributed by atoms with Crippen molar-refractivity contribution in [2.45, 2.75) is 76.7 Å². The number of nitrogens with one attached hydrogen (secondary N) is 1. The average Bonchev–Trinajstić information content (AvgIpc) is 3.23. The molecule has 0 spiro atoms. The summed E-state index contributed by atoms with van der Waals surface area (Å²) in [5.41, 5.74) is -0.683. The van der Waals surface area contributed by atoms with Crippen molar-refractivity contribution in [3.8, 4) is 0 Å². The zero-order valence-electron chi connectivity index (χ0n) is 13.2. The number of rotatable bonds is 4. The van der Waals surface area contributed by atoms with Crippen LogP contribution in [0.25, 0.3) is 0 Å². The number of hydrogen-bond donors (Lipinski definition) is 1. The van der Waals surface area contributed by atoms with Crippen molar-refractivity contribution in [3.63, 3.8) is 0 Å². The fourth-order valence-corrected chi connectivity index (χ4v) is 3.74. The van der Waals surface area contributed by atoms with E-state index in [-0.39, 0.29) is 30.1 Å². The van der Waals surface area contributed by atoms with Gasteiger partial charge in [0.2, 0.25) is 11.8 Å². The third-order valence-corrected chi connectivity index (χ3v) is 5.38. The lowest BCUT2D eigenvalue weighted by atomic mass is 9.87. The van der Waals surface area contributed by atoms with Gasteiger partial charge in [-0.15, -0.1) is 0 Å². The summed E-state index contributed by atoms with van der Waals surface area (Å²) < 4.78 is 5.88. The predicted octanol–water partition coefficient (Wildman–Crippen LogP) is 1.46. The lowest BCUT2D eigenvalue weighted by Crippen LogP contribution is -2.71. The molecule has 3 rings (SSSR count). The lowest BCUT2D eigenvalue weighted by molar-refractivity contribution is -0.160. The van der Waals surface area contributed by atoms with E-state index in [1.165, 1.54) is 0 Å². The van der Waals surface area contributed by atoms with Gasteiger partial charge in [-0.05, 0) is 51.9 Å². The molecule has 2 saturated heterocycles. The zero-order valence-corrected chi connectivity index (χ0v) is 13.2. The first kappa shape index (κ1) is 14.8. The highest BCUT2D eigenvalue weighted by molar-refractivity contribution is 6.00. The highest BCUT2D eigenvalue weighted by Gasteiger charge is 2.57. The van der Waals surface area contributed by atoms with Crippen molar-refractivity contribution in [2.75, 3.05) is 6.54 Å². The first-order chi connectivity index (χ1) is 9.96. The summed E-state index contributed by atoms with van der Waals surface area (Å²) in [6.45, 7) is 6.50. The smallest absolute Gasteiger partial charge is 0.246 e. The number of carbonyl (C=O) groups is 2. The van der Waals surface area contributed by atoms with Gasteiger partial charge in [-0.1, -0.05) is 6.92 Å². The highest BCUT2D eigenvalue weighted by Crippen LogP contribution is 2.45. The third kappa shape index (κ3) is 2.45. The molecule has 1 aliphatic carbocycles. The normalized spacial score (nSPS) is 40.5. The minimum atomic E-state index is -0.683. The van der Waals surface area contributed by atoms with Crippen molar-refractivity contribution in [1.82, 2.24) is 10.2 Å². The molecule has 2 aliphatic heterocycles. The molecule has 2 heterocycles. The first-order valence-electron chi connectivity index (χ1n) is 8.24. The Morgan fingerprint density at radius 3 is 2.52 bits per heavy atom. The van der Waals surface area contributed by atoms with Crippen molar-refractivity contribution >= 4 is 11.8 Å². The monoisotopic (exact) mass is 294 g/mol. The molecule has 0 aromatic heterocycles. The SMILES string of the molecule is CCC1NC(=O)C(C)(C2CC2)N(CC2CCC(C)O2)C1=O. The summed E-state index contributed by atoms with van der Waals surface area (Å²) in [6.07, 6.45) is 5.06. The first-order valence-corrected chi connectivity index (χ1v) is 8.24. The highest BCUT2D eigenvalue weighted by atomic mass is 16.5. The Labute approximate surface area is 126 Å². The van der Waals surface area contributed by atoms with E-state index in [0.29, 0.717) is 18.9 Å². The van der Waals surface area contributed by atoms with Crippen LogP contribution < -0.4 is 5.32 Å². The number of nitrogens with zero attached hydrogens (tertiary/aromatic N) is 1. The van der Waals surface area contributed by atoms with E-state index in [0.717, 1.165) is 25.7 Å². The maximum atomic E-state index is 12.8. The van der Waals surface area contributed by atoms with Crippen LogP contribution in [0.1, 0.15) is 52.9 Å². The van der Waals surface area contributed by atoms with Gasteiger partial charge in [-0.3, -0.25) is 9.59 Å². The van der Waals surface area contributed by atoms with Crippen molar-refractivity contribution in [3.05, 3.63) is 0 Å². The van der Waals surface area contributed by atoms with E-state index in [4.69, 9.17) is 4.74 Å². The van der Waals surface area contributed by atoms with Gasteiger partial charge in [0.25, 0.3) is 0 Å². The molecule has 4 atom stereocenters. The summed E-state index contributed by atoms with van der Waals surface area (Å²) in [6, 6.07) is -0.372. The lowest BCUT2D eigenvalue weighted by Gasteiger charge is -2.47.